The predicted molar refractivity (Wildman–Crippen MR) is 171 cm³/mol. The maximum Gasteiger partial charge on any atom is 0.425 e. The number of hydrogen-bond donors (Lipinski definition) is 0. The van der Waals surface area contributed by atoms with Gasteiger partial charge in [-0.2, -0.15) is 4.90 Å². The second-order valence-electron chi connectivity index (χ2n) is 13.4. The van der Waals surface area contributed by atoms with Crippen LogP contribution in [0, 0.1) is 12.3 Å². The minimum absolute atomic E-state index is 0.0868. The lowest BCUT2D eigenvalue weighted by molar-refractivity contribution is -0.148. The minimum atomic E-state index is -0.985. The number of hydrogen-bond acceptors (Lipinski definition) is 11. The first kappa shape index (κ1) is 33.2. The van der Waals surface area contributed by atoms with Crippen molar-refractivity contribution in [2.24, 2.45) is 0 Å². The van der Waals surface area contributed by atoms with Crippen molar-refractivity contribution in [1.29, 1.82) is 0 Å². The minimum Gasteiger partial charge on any atom is -0.465 e. The number of carbonyl (C=O) groups excluding carboxylic acids is 3. The van der Waals surface area contributed by atoms with E-state index in [9.17, 15) is 14.4 Å². The van der Waals surface area contributed by atoms with Gasteiger partial charge in [-0.15, -0.1) is 18.2 Å². The van der Waals surface area contributed by atoms with Crippen LogP contribution in [0.4, 0.5) is 15.4 Å². The van der Waals surface area contributed by atoms with E-state index < -0.39 is 52.7 Å². The lowest BCUT2D eigenvalue weighted by atomic mass is 9.98. The summed E-state index contributed by atoms with van der Waals surface area (Å²) in [5, 5.41) is -0.512. The SMILES string of the molecule is C#Cc1cn(C2S[C@H](c3ccccc3C(=O)OC)[C@H]3OC(C)(C)O[C@@H]23)c2ncnc(N(C(=O)OC(C)(C)C)C(=O)OC(C)(C)C)c12. The summed E-state index contributed by atoms with van der Waals surface area (Å²) in [5.41, 5.74) is -0.0165. The molecule has 0 N–H and O–H groups in total. The maximum atomic E-state index is 13.5. The summed E-state index contributed by atoms with van der Waals surface area (Å²) >= 11 is 1.51. The monoisotopic (exact) mass is 650 g/mol. The van der Waals surface area contributed by atoms with Gasteiger partial charge in [0.05, 0.1) is 28.9 Å². The van der Waals surface area contributed by atoms with Crippen LogP contribution in [0.5, 0.6) is 0 Å². The standard InChI is InChI=1S/C33H38N4O8S/c1-11-18-16-36(25-21(18)26(35-17-34-25)37(29(39)44-31(2,3)4)30(40)45-32(5,6)7)27-23-22(42-33(8,9)43-23)24(46-27)19-14-12-13-15-20(19)28(38)41-10/h1,12-17,22-24,27H,2-10H3/t22-,23+,24+,27?/m0/s1. The molecule has 2 aliphatic heterocycles. The molecule has 13 heteroatoms. The average molecular weight is 651 g/mol. The van der Waals surface area contributed by atoms with Crippen molar-refractivity contribution < 1.29 is 38.1 Å². The van der Waals surface area contributed by atoms with Crippen LogP contribution in [0.3, 0.4) is 0 Å². The summed E-state index contributed by atoms with van der Waals surface area (Å²) in [6.45, 7) is 13.8. The molecular formula is C33H38N4O8S. The van der Waals surface area contributed by atoms with E-state index in [2.05, 4.69) is 15.9 Å². The van der Waals surface area contributed by atoms with Crippen LogP contribution < -0.4 is 4.90 Å². The van der Waals surface area contributed by atoms with Crippen LogP contribution in [0.15, 0.2) is 36.8 Å². The number of terminal acetylenes is 1. The summed E-state index contributed by atoms with van der Waals surface area (Å²) in [5.74, 6) is 1.19. The number of aromatic nitrogens is 3. The van der Waals surface area contributed by atoms with Crippen LogP contribution in [-0.2, 0) is 23.7 Å². The molecule has 46 heavy (non-hydrogen) atoms. The fourth-order valence-electron chi connectivity index (χ4n) is 5.50. The van der Waals surface area contributed by atoms with Crippen molar-refractivity contribution >= 4 is 46.8 Å². The van der Waals surface area contributed by atoms with E-state index in [1.165, 1.54) is 25.2 Å². The number of carbonyl (C=O) groups is 3. The van der Waals surface area contributed by atoms with Crippen molar-refractivity contribution in [3.05, 3.63) is 53.5 Å². The molecule has 0 aliphatic carbocycles. The molecule has 244 valence electrons. The van der Waals surface area contributed by atoms with Gasteiger partial charge in [0.15, 0.2) is 11.6 Å². The molecular weight excluding hydrogens is 612 g/mol. The second-order valence-corrected chi connectivity index (χ2v) is 14.6. The molecule has 5 rings (SSSR count). The average Bonchev–Trinajstić information content (AvgIpc) is 3.59. The quantitative estimate of drug-likeness (QED) is 0.177. The number of thioether (sulfide) groups is 1. The number of anilines is 1. The first-order chi connectivity index (χ1) is 21.4. The summed E-state index contributed by atoms with van der Waals surface area (Å²) in [4.78, 5) is 49.4. The van der Waals surface area contributed by atoms with E-state index >= 15 is 0 Å². The van der Waals surface area contributed by atoms with E-state index in [1.807, 2.05) is 30.5 Å². The zero-order valence-corrected chi connectivity index (χ0v) is 28.1. The third kappa shape index (κ3) is 6.42. The number of methoxy groups -OCH3 is 1. The molecule has 4 atom stereocenters. The molecule has 0 radical (unpaired) electrons. The molecule has 0 saturated carbocycles. The van der Waals surface area contributed by atoms with Crippen LogP contribution in [0.2, 0.25) is 0 Å². The van der Waals surface area contributed by atoms with Crippen LogP contribution in [-0.4, -0.2) is 69.0 Å². The normalized spacial score (nSPS) is 22.2. The van der Waals surface area contributed by atoms with E-state index in [-0.39, 0.29) is 16.5 Å². The van der Waals surface area contributed by atoms with Crippen LogP contribution in [0.1, 0.15) is 87.5 Å². The van der Waals surface area contributed by atoms with Gasteiger partial charge in [-0.3, -0.25) is 0 Å². The van der Waals surface area contributed by atoms with Gasteiger partial charge in [-0.1, -0.05) is 24.1 Å². The van der Waals surface area contributed by atoms with E-state index in [0.717, 1.165) is 10.5 Å². The van der Waals surface area contributed by atoms with Crippen LogP contribution >= 0.6 is 11.8 Å². The Morgan fingerprint density at radius 3 is 2.20 bits per heavy atom. The molecule has 2 fully saturated rings. The summed E-state index contributed by atoms with van der Waals surface area (Å²) < 4.78 is 30.9. The van der Waals surface area contributed by atoms with E-state index in [4.69, 9.17) is 30.1 Å². The van der Waals surface area contributed by atoms with Gasteiger partial charge >= 0.3 is 18.2 Å². The predicted octanol–water partition coefficient (Wildman–Crippen LogP) is 6.38. The fraction of sp³-hybridized carbons (Fsp3) is 0.485. The lowest BCUT2D eigenvalue weighted by Crippen LogP contribution is -2.44. The maximum absolute atomic E-state index is 13.5. The zero-order valence-electron chi connectivity index (χ0n) is 27.3. The van der Waals surface area contributed by atoms with Crippen molar-refractivity contribution in [3.8, 4) is 12.3 Å². The largest absolute Gasteiger partial charge is 0.465 e. The molecule has 12 nitrogen and oxygen atoms in total. The Bertz CT molecular complexity index is 1700. The molecule has 2 saturated heterocycles. The van der Waals surface area contributed by atoms with Gasteiger partial charge in [0.25, 0.3) is 0 Å². The highest BCUT2D eigenvalue weighted by molar-refractivity contribution is 8.00. The molecule has 3 aromatic rings. The number of imide groups is 1. The van der Waals surface area contributed by atoms with Gasteiger partial charge in [0.1, 0.15) is 40.8 Å². The van der Waals surface area contributed by atoms with E-state index in [1.54, 1.807) is 59.9 Å². The number of nitrogens with zero attached hydrogens (tertiary/aromatic N) is 4. The highest BCUT2D eigenvalue weighted by Gasteiger charge is 2.56. The second kappa shape index (κ2) is 11.9. The van der Waals surface area contributed by atoms with Crippen molar-refractivity contribution in [2.45, 2.75) is 95.2 Å². The van der Waals surface area contributed by atoms with E-state index in [0.29, 0.717) is 16.8 Å². The highest BCUT2D eigenvalue weighted by Crippen LogP contribution is 2.58. The number of esters is 1. The van der Waals surface area contributed by atoms with Gasteiger partial charge in [0, 0.05) is 6.20 Å². The third-order valence-corrected chi connectivity index (χ3v) is 8.67. The smallest absolute Gasteiger partial charge is 0.425 e. The highest BCUT2D eigenvalue weighted by atomic mass is 32.2. The first-order valence-corrected chi connectivity index (χ1v) is 15.7. The van der Waals surface area contributed by atoms with Crippen molar-refractivity contribution in [2.75, 3.05) is 12.0 Å². The Balaban J connectivity index is 1.66. The Morgan fingerprint density at radius 1 is 1.00 bits per heavy atom. The topological polar surface area (TPSA) is 131 Å². The Kier molecular flexibility index (Phi) is 8.61. The van der Waals surface area contributed by atoms with Crippen molar-refractivity contribution in [1.82, 2.24) is 14.5 Å². The number of benzene rings is 1. The molecule has 2 aliphatic rings. The first-order valence-electron chi connectivity index (χ1n) is 14.7. The fourth-order valence-corrected chi connectivity index (χ4v) is 7.17. The number of ether oxygens (including phenoxy) is 5. The van der Waals surface area contributed by atoms with Crippen molar-refractivity contribution in [3.63, 3.8) is 0 Å². The molecule has 0 spiro atoms. The Hall–Kier alpha value is -4.12. The zero-order chi connectivity index (χ0) is 33.8. The molecule has 2 amide bonds. The number of amides is 2. The van der Waals surface area contributed by atoms with Gasteiger partial charge in [-0.05, 0) is 67.0 Å². The van der Waals surface area contributed by atoms with Gasteiger partial charge in [-0.25, -0.2) is 24.4 Å². The van der Waals surface area contributed by atoms with Gasteiger partial charge < -0.3 is 28.3 Å². The molecule has 1 aromatic carbocycles. The lowest BCUT2D eigenvalue weighted by Gasteiger charge is -2.28. The Labute approximate surface area is 272 Å². The Morgan fingerprint density at radius 2 is 1.61 bits per heavy atom. The van der Waals surface area contributed by atoms with Gasteiger partial charge in [0.2, 0.25) is 0 Å². The molecule has 4 heterocycles. The number of rotatable bonds is 4. The molecule has 0 bridgehead atoms. The number of fused-ring (bicyclic) bond motifs is 2. The molecule has 2 aromatic heterocycles. The summed E-state index contributed by atoms with van der Waals surface area (Å²) in [7, 11) is 1.34. The molecule has 1 unspecified atom stereocenters. The van der Waals surface area contributed by atoms with Crippen LogP contribution in [0.25, 0.3) is 11.0 Å². The summed E-state index contributed by atoms with van der Waals surface area (Å²) in [6.07, 6.45) is 6.04. The third-order valence-electron chi connectivity index (χ3n) is 7.08. The summed E-state index contributed by atoms with van der Waals surface area (Å²) in [6, 6.07) is 7.22.